The Balaban J connectivity index is 1.60. The minimum Gasteiger partial charge on any atom is -0.394 e. The first kappa shape index (κ1) is 18.2. The van der Waals surface area contributed by atoms with E-state index in [1.54, 1.807) is 6.07 Å². The molecule has 0 atom stereocenters. The maximum atomic E-state index is 12.8. The average molecular weight is 392 g/mol. The molecule has 30 heavy (non-hydrogen) atoms. The highest BCUT2D eigenvalue weighted by Gasteiger charge is 2.16. The van der Waals surface area contributed by atoms with Crippen LogP contribution in [0.3, 0.4) is 0 Å². The molecule has 0 aliphatic rings. The van der Waals surface area contributed by atoms with Gasteiger partial charge in [-0.25, -0.2) is 4.79 Å². The van der Waals surface area contributed by atoms with Crippen molar-refractivity contribution < 1.29 is 14.3 Å². The van der Waals surface area contributed by atoms with Crippen LogP contribution in [0.4, 0.5) is 4.79 Å². The summed E-state index contributed by atoms with van der Waals surface area (Å²) in [7, 11) is 0. The molecular formula is C27H20O3. The van der Waals surface area contributed by atoms with Gasteiger partial charge in [-0.05, 0) is 53.8 Å². The molecule has 3 nitrogen and oxygen atoms in total. The molecule has 0 spiro atoms. The van der Waals surface area contributed by atoms with E-state index in [2.05, 4.69) is 31.2 Å². The summed E-state index contributed by atoms with van der Waals surface area (Å²) in [4.78, 5) is 12.8. The molecule has 0 radical (unpaired) electrons. The van der Waals surface area contributed by atoms with Crippen molar-refractivity contribution in [1.82, 2.24) is 0 Å². The van der Waals surface area contributed by atoms with Gasteiger partial charge < -0.3 is 9.47 Å². The molecule has 146 valence electrons. The molecule has 5 aromatic rings. The van der Waals surface area contributed by atoms with Crippen LogP contribution < -0.4 is 9.47 Å². The van der Waals surface area contributed by atoms with Crippen LogP contribution in [0.15, 0.2) is 84.9 Å². The average Bonchev–Trinajstić information content (AvgIpc) is 2.75. The van der Waals surface area contributed by atoms with Crippen LogP contribution >= 0.6 is 0 Å². The van der Waals surface area contributed by atoms with Gasteiger partial charge in [-0.3, -0.25) is 0 Å². The summed E-state index contributed by atoms with van der Waals surface area (Å²) in [6.07, 6.45) is -0.747. The Hall–Kier alpha value is -3.85. The molecular weight excluding hydrogens is 372 g/mol. The van der Waals surface area contributed by atoms with E-state index < -0.39 is 6.16 Å². The number of hydrogen-bond donors (Lipinski definition) is 0. The Morgan fingerprint density at radius 2 is 1.40 bits per heavy atom. The van der Waals surface area contributed by atoms with Crippen molar-refractivity contribution in [3.8, 4) is 11.5 Å². The first-order valence-electron chi connectivity index (χ1n) is 9.90. The molecule has 0 fully saturated rings. The summed E-state index contributed by atoms with van der Waals surface area (Å²) in [6, 6.07) is 27.7. The van der Waals surface area contributed by atoms with Gasteiger partial charge >= 0.3 is 6.16 Å². The summed E-state index contributed by atoms with van der Waals surface area (Å²) in [5.41, 5.74) is 2.23. The van der Waals surface area contributed by atoms with E-state index in [9.17, 15) is 4.79 Å². The second-order valence-corrected chi connectivity index (χ2v) is 7.53. The highest BCUT2D eigenvalue weighted by Crippen LogP contribution is 2.37. The third-order valence-corrected chi connectivity index (χ3v) is 5.45. The van der Waals surface area contributed by atoms with Gasteiger partial charge in [-0.15, -0.1) is 0 Å². The number of rotatable bonds is 2. The lowest BCUT2D eigenvalue weighted by molar-refractivity contribution is 0.153. The van der Waals surface area contributed by atoms with Crippen molar-refractivity contribution in [2.75, 3.05) is 0 Å². The van der Waals surface area contributed by atoms with Gasteiger partial charge in [-0.1, -0.05) is 72.3 Å². The van der Waals surface area contributed by atoms with E-state index in [1.807, 2.05) is 61.5 Å². The molecule has 0 bridgehead atoms. The predicted octanol–water partition coefficient (Wildman–Crippen LogP) is 7.34. The molecule has 3 heteroatoms. The monoisotopic (exact) mass is 392 g/mol. The third-order valence-electron chi connectivity index (χ3n) is 5.45. The quantitative estimate of drug-likeness (QED) is 0.179. The number of benzene rings is 5. The van der Waals surface area contributed by atoms with Crippen LogP contribution in [0.2, 0.25) is 0 Å². The minimum absolute atomic E-state index is 0.481. The van der Waals surface area contributed by atoms with Crippen molar-refractivity contribution in [3.63, 3.8) is 0 Å². The molecule has 0 aliphatic heterocycles. The fourth-order valence-corrected chi connectivity index (χ4v) is 3.95. The van der Waals surface area contributed by atoms with Crippen molar-refractivity contribution in [1.29, 1.82) is 0 Å². The van der Waals surface area contributed by atoms with Crippen LogP contribution in [0, 0.1) is 13.8 Å². The zero-order valence-electron chi connectivity index (χ0n) is 16.8. The number of carbonyl (C=O) groups excluding carboxylic acids is 1. The van der Waals surface area contributed by atoms with E-state index in [4.69, 9.17) is 9.47 Å². The SMILES string of the molecule is Cc1ccc2cc3c(C)cccc3c(OC(=O)Oc3cccc4ccccc34)c2c1. The lowest BCUT2D eigenvalue weighted by Gasteiger charge is -2.14. The molecule has 5 aromatic carbocycles. The molecule has 0 amide bonds. The lowest BCUT2D eigenvalue weighted by atomic mass is 9.98. The molecule has 0 saturated carbocycles. The fraction of sp³-hybridized carbons (Fsp3) is 0.0741. The van der Waals surface area contributed by atoms with Crippen LogP contribution in [-0.4, -0.2) is 6.16 Å². The Labute approximate surface area is 174 Å². The second kappa shape index (κ2) is 7.20. The first-order chi connectivity index (χ1) is 14.6. The van der Waals surface area contributed by atoms with Crippen molar-refractivity contribution in [2.45, 2.75) is 13.8 Å². The van der Waals surface area contributed by atoms with Crippen LogP contribution in [0.25, 0.3) is 32.3 Å². The van der Waals surface area contributed by atoms with Gasteiger partial charge in [0.2, 0.25) is 0 Å². The van der Waals surface area contributed by atoms with E-state index in [1.165, 1.54) is 0 Å². The number of hydrogen-bond acceptors (Lipinski definition) is 3. The zero-order chi connectivity index (χ0) is 20.7. The van der Waals surface area contributed by atoms with Crippen molar-refractivity contribution in [2.24, 2.45) is 0 Å². The van der Waals surface area contributed by atoms with Crippen LogP contribution in [-0.2, 0) is 0 Å². The molecule has 0 saturated heterocycles. The minimum atomic E-state index is -0.747. The Morgan fingerprint density at radius 1 is 0.633 bits per heavy atom. The smallest absolute Gasteiger partial charge is 0.394 e. The van der Waals surface area contributed by atoms with Gasteiger partial charge in [0.1, 0.15) is 11.5 Å². The second-order valence-electron chi connectivity index (χ2n) is 7.53. The predicted molar refractivity (Wildman–Crippen MR) is 122 cm³/mol. The molecule has 0 unspecified atom stereocenters. The Morgan fingerprint density at radius 3 is 2.30 bits per heavy atom. The van der Waals surface area contributed by atoms with Gasteiger partial charge in [0.15, 0.2) is 0 Å². The van der Waals surface area contributed by atoms with Crippen LogP contribution in [0.5, 0.6) is 11.5 Å². The maximum absolute atomic E-state index is 12.8. The summed E-state index contributed by atoms with van der Waals surface area (Å²) in [5.74, 6) is 1.01. The Kier molecular flexibility index (Phi) is 4.36. The van der Waals surface area contributed by atoms with Gasteiger partial charge in [-0.2, -0.15) is 0 Å². The topological polar surface area (TPSA) is 35.5 Å². The summed E-state index contributed by atoms with van der Waals surface area (Å²) in [5, 5.41) is 5.74. The number of ether oxygens (including phenoxy) is 2. The zero-order valence-corrected chi connectivity index (χ0v) is 16.8. The molecule has 0 heterocycles. The molecule has 0 aliphatic carbocycles. The van der Waals surface area contributed by atoms with Gasteiger partial charge in [0, 0.05) is 16.2 Å². The summed E-state index contributed by atoms with van der Waals surface area (Å²) >= 11 is 0. The van der Waals surface area contributed by atoms with Crippen LogP contribution in [0.1, 0.15) is 11.1 Å². The fourth-order valence-electron chi connectivity index (χ4n) is 3.95. The number of carbonyl (C=O) groups is 1. The Bertz CT molecular complexity index is 1420. The third kappa shape index (κ3) is 3.15. The molecule has 0 aromatic heterocycles. The highest BCUT2D eigenvalue weighted by atomic mass is 16.7. The number of fused-ring (bicyclic) bond motifs is 3. The first-order valence-corrected chi connectivity index (χ1v) is 9.90. The summed E-state index contributed by atoms with van der Waals surface area (Å²) in [6.45, 7) is 4.08. The van der Waals surface area contributed by atoms with E-state index in [-0.39, 0.29) is 0 Å². The summed E-state index contributed by atoms with van der Waals surface area (Å²) < 4.78 is 11.5. The molecule has 5 rings (SSSR count). The van der Waals surface area contributed by atoms with Gasteiger partial charge in [0.05, 0.1) is 0 Å². The van der Waals surface area contributed by atoms with Gasteiger partial charge in [0.25, 0.3) is 0 Å². The van der Waals surface area contributed by atoms with E-state index >= 15 is 0 Å². The largest absolute Gasteiger partial charge is 0.519 e. The standard InChI is InChI=1S/C27H20O3/c1-17-13-14-20-16-23-18(2)7-5-11-22(23)26(24(20)15-17)30-27(28)29-25-12-6-9-19-8-3-4-10-21(19)25/h3-16H,1-2H3. The van der Waals surface area contributed by atoms with E-state index in [0.717, 1.165) is 43.4 Å². The lowest BCUT2D eigenvalue weighted by Crippen LogP contribution is -2.14. The number of aryl methyl sites for hydroxylation is 2. The maximum Gasteiger partial charge on any atom is 0.519 e. The van der Waals surface area contributed by atoms with E-state index in [0.29, 0.717) is 11.5 Å². The van der Waals surface area contributed by atoms with Crippen molar-refractivity contribution >= 4 is 38.5 Å². The van der Waals surface area contributed by atoms with Crippen molar-refractivity contribution in [3.05, 3.63) is 96.1 Å². The molecule has 0 N–H and O–H groups in total. The normalized spacial score (nSPS) is 11.1. The highest BCUT2D eigenvalue weighted by molar-refractivity contribution is 6.07.